The van der Waals surface area contributed by atoms with Crippen molar-refractivity contribution in [2.24, 2.45) is 5.92 Å². The molecule has 3 heteroatoms. The largest absolute Gasteiger partial charge is 0.356 e. The van der Waals surface area contributed by atoms with E-state index < -0.39 is 0 Å². The lowest BCUT2D eigenvalue weighted by molar-refractivity contribution is -0.131. The third kappa shape index (κ3) is 1.17. The molecule has 4 rings (SSSR count). The summed E-state index contributed by atoms with van der Waals surface area (Å²) in [6.07, 6.45) is 1.94. The van der Waals surface area contributed by atoms with Gasteiger partial charge < -0.3 is 9.88 Å². The molecule has 1 N–H and O–H groups in total. The van der Waals surface area contributed by atoms with E-state index in [0.29, 0.717) is 5.91 Å². The number of aromatic nitrogens is 1. The third-order valence-corrected chi connectivity index (χ3v) is 4.44. The van der Waals surface area contributed by atoms with Crippen LogP contribution in [0.4, 0.5) is 0 Å². The zero-order valence-electron chi connectivity index (χ0n) is 10.4. The second-order valence-electron chi connectivity index (χ2n) is 5.50. The predicted octanol–water partition coefficient (Wildman–Crippen LogP) is 2.63. The van der Waals surface area contributed by atoms with Crippen molar-refractivity contribution in [1.82, 2.24) is 9.88 Å². The number of hydrogen-bond acceptors (Lipinski definition) is 1. The molecule has 2 aromatic rings. The van der Waals surface area contributed by atoms with Crippen LogP contribution in [0.5, 0.6) is 0 Å². The van der Waals surface area contributed by atoms with Crippen LogP contribution >= 0.6 is 0 Å². The summed E-state index contributed by atoms with van der Waals surface area (Å²) in [6.45, 7) is 2.92. The normalized spacial score (nSPS) is 26.5. The molecule has 1 saturated heterocycles. The van der Waals surface area contributed by atoms with E-state index in [1.807, 2.05) is 6.92 Å². The average Bonchev–Trinajstić information content (AvgIpc) is 2.89. The van der Waals surface area contributed by atoms with Crippen molar-refractivity contribution >= 4 is 16.8 Å². The fraction of sp³-hybridized carbons (Fsp3) is 0.400. The van der Waals surface area contributed by atoms with E-state index in [0.717, 1.165) is 19.4 Å². The van der Waals surface area contributed by atoms with Gasteiger partial charge >= 0.3 is 0 Å². The van der Waals surface area contributed by atoms with Crippen LogP contribution in [0, 0.1) is 5.92 Å². The zero-order chi connectivity index (χ0) is 12.3. The smallest absolute Gasteiger partial charge is 0.226 e. The van der Waals surface area contributed by atoms with Gasteiger partial charge in [0, 0.05) is 29.1 Å². The number of hydrogen-bond donors (Lipinski definition) is 1. The lowest BCUT2D eigenvalue weighted by Gasteiger charge is -2.29. The number of amides is 1. The third-order valence-electron chi connectivity index (χ3n) is 4.44. The predicted molar refractivity (Wildman–Crippen MR) is 70.2 cm³/mol. The van der Waals surface area contributed by atoms with Crippen LogP contribution < -0.4 is 0 Å². The van der Waals surface area contributed by atoms with Crippen molar-refractivity contribution in [3.8, 4) is 0 Å². The first-order valence-electron chi connectivity index (χ1n) is 6.65. The maximum Gasteiger partial charge on any atom is 0.226 e. The molecule has 2 aliphatic heterocycles. The van der Waals surface area contributed by atoms with Gasteiger partial charge in [-0.15, -0.1) is 0 Å². The SMILES string of the molecule is CC1CC2c3[nH]c4ccccc4c3CCN2C1=O. The molecule has 3 nitrogen and oxygen atoms in total. The van der Waals surface area contributed by atoms with Crippen LogP contribution in [0.2, 0.25) is 0 Å². The summed E-state index contributed by atoms with van der Waals surface area (Å²) < 4.78 is 0. The minimum atomic E-state index is 0.173. The van der Waals surface area contributed by atoms with E-state index in [-0.39, 0.29) is 12.0 Å². The number of carbonyl (C=O) groups is 1. The maximum atomic E-state index is 12.1. The summed E-state index contributed by atoms with van der Waals surface area (Å²) in [5.74, 6) is 0.497. The Morgan fingerprint density at radius 3 is 3.06 bits per heavy atom. The molecule has 2 unspecified atom stereocenters. The van der Waals surface area contributed by atoms with Gasteiger partial charge in [-0.3, -0.25) is 4.79 Å². The van der Waals surface area contributed by atoms with Crippen molar-refractivity contribution in [2.75, 3.05) is 6.54 Å². The quantitative estimate of drug-likeness (QED) is 0.755. The standard InChI is InChI=1S/C15H16N2O/c1-9-8-13-14-11(6-7-17(13)15(9)18)10-4-2-3-5-12(10)16-14/h2-5,9,13,16H,6-8H2,1H3. The first-order valence-corrected chi connectivity index (χ1v) is 6.65. The number of benzene rings is 1. The fourth-order valence-corrected chi connectivity index (χ4v) is 3.55. The number of para-hydroxylation sites is 1. The Morgan fingerprint density at radius 2 is 2.17 bits per heavy atom. The van der Waals surface area contributed by atoms with E-state index in [2.05, 4.69) is 34.1 Å². The second kappa shape index (κ2) is 3.37. The molecule has 1 amide bonds. The summed E-state index contributed by atoms with van der Waals surface area (Å²) in [6, 6.07) is 8.73. The number of rotatable bonds is 0. The molecular formula is C15H16N2O. The summed E-state index contributed by atoms with van der Waals surface area (Å²) in [5, 5.41) is 1.33. The van der Waals surface area contributed by atoms with E-state index in [4.69, 9.17) is 0 Å². The Labute approximate surface area is 106 Å². The molecule has 0 radical (unpaired) electrons. The van der Waals surface area contributed by atoms with Crippen molar-refractivity contribution in [2.45, 2.75) is 25.8 Å². The van der Waals surface area contributed by atoms with Gasteiger partial charge in [0.2, 0.25) is 5.91 Å². The van der Waals surface area contributed by atoms with Crippen molar-refractivity contribution in [3.05, 3.63) is 35.5 Å². The zero-order valence-corrected chi connectivity index (χ0v) is 10.4. The van der Waals surface area contributed by atoms with E-state index in [1.54, 1.807) is 0 Å². The van der Waals surface area contributed by atoms with Gasteiger partial charge in [-0.1, -0.05) is 25.1 Å². The Morgan fingerprint density at radius 1 is 1.33 bits per heavy atom. The van der Waals surface area contributed by atoms with Gasteiger partial charge in [0.1, 0.15) is 0 Å². The highest BCUT2D eigenvalue weighted by Crippen LogP contribution is 2.42. The lowest BCUT2D eigenvalue weighted by Crippen LogP contribution is -2.34. The highest BCUT2D eigenvalue weighted by Gasteiger charge is 2.41. The molecule has 1 aromatic heterocycles. The molecule has 0 spiro atoms. The number of carbonyl (C=O) groups excluding carboxylic acids is 1. The Kier molecular flexibility index (Phi) is 1.91. The first-order chi connectivity index (χ1) is 8.75. The minimum absolute atomic E-state index is 0.173. The van der Waals surface area contributed by atoms with Gasteiger partial charge in [-0.25, -0.2) is 0 Å². The highest BCUT2D eigenvalue weighted by atomic mass is 16.2. The van der Waals surface area contributed by atoms with Crippen LogP contribution in [0.25, 0.3) is 10.9 Å². The Bertz CT molecular complexity index is 643. The van der Waals surface area contributed by atoms with Crippen LogP contribution in [0.15, 0.2) is 24.3 Å². The minimum Gasteiger partial charge on any atom is -0.356 e. The second-order valence-corrected chi connectivity index (χ2v) is 5.50. The number of nitrogens with zero attached hydrogens (tertiary/aromatic N) is 1. The molecule has 2 atom stereocenters. The average molecular weight is 240 g/mol. The molecule has 2 aliphatic rings. The monoisotopic (exact) mass is 240 g/mol. The summed E-state index contributed by atoms with van der Waals surface area (Å²) in [5.41, 5.74) is 3.91. The van der Waals surface area contributed by atoms with Crippen LogP contribution in [-0.4, -0.2) is 22.3 Å². The van der Waals surface area contributed by atoms with Gasteiger partial charge in [0.25, 0.3) is 0 Å². The Hall–Kier alpha value is -1.77. The topological polar surface area (TPSA) is 36.1 Å². The maximum absolute atomic E-state index is 12.1. The molecule has 0 bridgehead atoms. The molecule has 3 heterocycles. The Balaban J connectivity index is 1.91. The van der Waals surface area contributed by atoms with Gasteiger partial charge in [0.15, 0.2) is 0 Å². The molecule has 92 valence electrons. The van der Waals surface area contributed by atoms with Crippen molar-refractivity contribution < 1.29 is 4.79 Å². The molecule has 18 heavy (non-hydrogen) atoms. The lowest BCUT2D eigenvalue weighted by atomic mass is 9.96. The number of fused-ring (bicyclic) bond motifs is 5. The van der Waals surface area contributed by atoms with Gasteiger partial charge in [0.05, 0.1) is 6.04 Å². The molecular weight excluding hydrogens is 224 g/mol. The highest BCUT2D eigenvalue weighted by molar-refractivity contribution is 5.87. The number of H-pyrrole nitrogens is 1. The van der Waals surface area contributed by atoms with Gasteiger partial charge in [-0.05, 0) is 24.5 Å². The van der Waals surface area contributed by atoms with Crippen LogP contribution in [0.1, 0.15) is 30.6 Å². The summed E-state index contributed by atoms with van der Waals surface area (Å²) in [7, 11) is 0. The fourth-order valence-electron chi connectivity index (χ4n) is 3.55. The molecule has 0 saturated carbocycles. The van der Waals surface area contributed by atoms with Gasteiger partial charge in [-0.2, -0.15) is 0 Å². The number of aromatic amines is 1. The first kappa shape index (κ1) is 10.2. The summed E-state index contributed by atoms with van der Waals surface area (Å²) in [4.78, 5) is 17.7. The molecule has 0 aliphatic carbocycles. The molecule has 1 aromatic carbocycles. The van der Waals surface area contributed by atoms with E-state index in [9.17, 15) is 4.79 Å². The van der Waals surface area contributed by atoms with E-state index >= 15 is 0 Å². The van der Waals surface area contributed by atoms with Crippen molar-refractivity contribution in [3.63, 3.8) is 0 Å². The number of nitrogens with one attached hydrogen (secondary N) is 1. The van der Waals surface area contributed by atoms with Crippen LogP contribution in [-0.2, 0) is 11.2 Å². The summed E-state index contributed by atoms with van der Waals surface area (Å²) >= 11 is 0. The van der Waals surface area contributed by atoms with E-state index in [1.165, 1.54) is 22.2 Å². The molecule has 1 fully saturated rings. The van der Waals surface area contributed by atoms with Crippen molar-refractivity contribution in [1.29, 1.82) is 0 Å². The van der Waals surface area contributed by atoms with Crippen LogP contribution in [0.3, 0.4) is 0 Å².